The molecule has 1 aliphatic heterocycles. The van der Waals surface area contributed by atoms with E-state index in [9.17, 15) is 0 Å². The maximum atomic E-state index is 6.23. The number of nitrogen functional groups attached to an aromatic ring is 1. The van der Waals surface area contributed by atoms with Gasteiger partial charge in [-0.2, -0.15) is 0 Å². The molecule has 0 bridgehead atoms. The van der Waals surface area contributed by atoms with Crippen LogP contribution in [0.25, 0.3) is 11.3 Å². The van der Waals surface area contributed by atoms with Crippen LogP contribution in [0.2, 0.25) is 0 Å². The zero-order chi connectivity index (χ0) is 17.8. The van der Waals surface area contributed by atoms with E-state index in [2.05, 4.69) is 28.1 Å². The highest BCUT2D eigenvalue weighted by molar-refractivity contribution is 5.69. The van der Waals surface area contributed by atoms with E-state index in [-0.39, 0.29) is 0 Å². The molecule has 1 fully saturated rings. The predicted molar refractivity (Wildman–Crippen MR) is 107 cm³/mol. The van der Waals surface area contributed by atoms with Crippen LogP contribution < -0.4 is 10.5 Å². The molecule has 1 aromatic heterocycles. The minimum absolute atomic E-state index is 0.578. The van der Waals surface area contributed by atoms with Crippen LogP contribution in [0.15, 0.2) is 30.3 Å². The van der Waals surface area contributed by atoms with Crippen molar-refractivity contribution in [1.82, 2.24) is 9.88 Å². The van der Waals surface area contributed by atoms with Gasteiger partial charge < -0.3 is 10.5 Å². The molecule has 0 spiro atoms. The minimum Gasteiger partial charge on any atom is -0.492 e. The molecule has 4 rings (SSSR count). The van der Waals surface area contributed by atoms with E-state index < -0.39 is 0 Å². The predicted octanol–water partition coefficient (Wildman–Crippen LogP) is 4.07. The van der Waals surface area contributed by atoms with Crippen molar-refractivity contribution in [3.63, 3.8) is 0 Å². The van der Waals surface area contributed by atoms with Crippen LogP contribution >= 0.6 is 0 Å². The number of hydrogen-bond donors (Lipinski definition) is 1. The topological polar surface area (TPSA) is 51.4 Å². The van der Waals surface area contributed by atoms with Crippen LogP contribution in [0, 0.1) is 0 Å². The van der Waals surface area contributed by atoms with Crippen molar-refractivity contribution in [1.29, 1.82) is 0 Å². The molecule has 0 atom stereocenters. The quantitative estimate of drug-likeness (QED) is 0.882. The van der Waals surface area contributed by atoms with Gasteiger partial charge in [-0.05, 0) is 87.0 Å². The van der Waals surface area contributed by atoms with Crippen LogP contribution in [-0.2, 0) is 12.8 Å². The highest BCUT2D eigenvalue weighted by atomic mass is 16.5. The first-order valence-electron chi connectivity index (χ1n) is 10.0. The summed E-state index contributed by atoms with van der Waals surface area (Å²) in [7, 11) is 0. The zero-order valence-electron chi connectivity index (χ0n) is 15.5. The first kappa shape index (κ1) is 17.3. The van der Waals surface area contributed by atoms with Crippen LogP contribution in [0.5, 0.6) is 5.75 Å². The molecule has 0 unspecified atom stereocenters. The molecular weight excluding hydrogens is 322 g/mol. The smallest absolute Gasteiger partial charge is 0.124 e. The Bertz CT molecular complexity index is 753. The number of pyridine rings is 1. The standard InChI is InChI=1S/C22H29N3O/c23-22-10-6-9-20(24-22)18-11-12-21(19-8-3-2-7-17(18)19)26-16-15-25-13-4-1-5-14-25/h6,9-12H,1-5,7-8,13-16H2,(H2,23,24). The molecule has 1 saturated heterocycles. The first-order chi connectivity index (χ1) is 12.8. The fourth-order valence-electron chi connectivity index (χ4n) is 4.28. The molecule has 1 aliphatic carbocycles. The Morgan fingerprint density at radius 3 is 2.54 bits per heavy atom. The van der Waals surface area contributed by atoms with Crippen molar-refractivity contribution in [3.8, 4) is 17.0 Å². The van der Waals surface area contributed by atoms with Crippen molar-refractivity contribution < 1.29 is 4.74 Å². The van der Waals surface area contributed by atoms with Gasteiger partial charge in [-0.25, -0.2) is 4.98 Å². The lowest BCUT2D eigenvalue weighted by Gasteiger charge is -2.27. The van der Waals surface area contributed by atoms with Crippen LogP contribution in [0.3, 0.4) is 0 Å². The van der Waals surface area contributed by atoms with Crippen LogP contribution in [0.4, 0.5) is 5.82 Å². The molecule has 0 radical (unpaired) electrons. The van der Waals surface area contributed by atoms with Gasteiger partial charge in [0, 0.05) is 12.1 Å². The van der Waals surface area contributed by atoms with Gasteiger partial charge >= 0.3 is 0 Å². The lowest BCUT2D eigenvalue weighted by molar-refractivity contribution is 0.182. The number of benzene rings is 1. The molecule has 26 heavy (non-hydrogen) atoms. The summed E-state index contributed by atoms with van der Waals surface area (Å²) < 4.78 is 6.23. The number of likely N-dealkylation sites (tertiary alicyclic amines) is 1. The molecule has 0 saturated carbocycles. The molecule has 1 aromatic carbocycles. The van der Waals surface area contributed by atoms with E-state index in [0.29, 0.717) is 5.82 Å². The van der Waals surface area contributed by atoms with Crippen molar-refractivity contribution in [2.24, 2.45) is 0 Å². The summed E-state index contributed by atoms with van der Waals surface area (Å²) in [6.07, 6.45) is 8.72. The fraction of sp³-hybridized carbons (Fsp3) is 0.500. The number of ether oxygens (including phenoxy) is 1. The van der Waals surface area contributed by atoms with Crippen molar-refractivity contribution >= 4 is 5.82 Å². The molecule has 0 amide bonds. The Balaban J connectivity index is 1.53. The fourth-order valence-corrected chi connectivity index (χ4v) is 4.28. The Labute approximate surface area is 156 Å². The largest absolute Gasteiger partial charge is 0.492 e. The number of nitrogens with two attached hydrogens (primary N) is 1. The second-order valence-corrected chi connectivity index (χ2v) is 7.47. The van der Waals surface area contributed by atoms with Gasteiger partial charge in [0.15, 0.2) is 0 Å². The molecule has 4 nitrogen and oxygen atoms in total. The highest BCUT2D eigenvalue weighted by Gasteiger charge is 2.20. The number of piperidine rings is 1. The van der Waals surface area contributed by atoms with E-state index in [1.54, 1.807) is 0 Å². The molecule has 2 heterocycles. The van der Waals surface area contributed by atoms with Gasteiger partial charge in [-0.3, -0.25) is 4.90 Å². The number of fused-ring (bicyclic) bond motifs is 1. The average molecular weight is 351 g/mol. The Morgan fingerprint density at radius 1 is 0.923 bits per heavy atom. The molecule has 4 heteroatoms. The van der Waals surface area contributed by atoms with E-state index >= 15 is 0 Å². The molecule has 2 aliphatic rings. The third kappa shape index (κ3) is 3.85. The summed E-state index contributed by atoms with van der Waals surface area (Å²) in [5.41, 5.74) is 10.9. The van der Waals surface area contributed by atoms with Crippen molar-refractivity contribution in [2.45, 2.75) is 44.9 Å². The van der Waals surface area contributed by atoms with E-state index in [1.165, 1.54) is 61.9 Å². The lowest BCUT2D eigenvalue weighted by atomic mass is 9.86. The van der Waals surface area contributed by atoms with Gasteiger partial charge in [0.05, 0.1) is 5.69 Å². The maximum Gasteiger partial charge on any atom is 0.124 e. The second kappa shape index (κ2) is 8.09. The number of aromatic nitrogens is 1. The van der Waals surface area contributed by atoms with Gasteiger partial charge in [0.25, 0.3) is 0 Å². The summed E-state index contributed by atoms with van der Waals surface area (Å²) in [6, 6.07) is 10.2. The van der Waals surface area contributed by atoms with Gasteiger partial charge in [-0.1, -0.05) is 12.5 Å². The number of nitrogens with zero attached hydrogens (tertiary/aromatic N) is 2. The maximum absolute atomic E-state index is 6.23. The summed E-state index contributed by atoms with van der Waals surface area (Å²) in [4.78, 5) is 7.06. The highest BCUT2D eigenvalue weighted by Crippen LogP contribution is 2.36. The van der Waals surface area contributed by atoms with E-state index in [0.717, 1.165) is 37.4 Å². The molecule has 2 N–H and O–H groups in total. The Morgan fingerprint density at radius 2 is 1.73 bits per heavy atom. The SMILES string of the molecule is Nc1cccc(-c2ccc(OCCN3CCCCC3)c3c2CCCC3)n1. The first-order valence-corrected chi connectivity index (χ1v) is 10.0. The number of anilines is 1. The monoisotopic (exact) mass is 351 g/mol. The van der Waals surface area contributed by atoms with Gasteiger partial charge in [0.2, 0.25) is 0 Å². The minimum atomic E-state index is 0.578. The lowest BCUT2D eigenvalue weighted by Crippen LogP contribution is -2.33. The zero-order valence-corrected chi connectivity index (χ0v) is 15.5. The van der Waals surface area contributed by atoms with Crippen molar-refractivity contribution in [2.75, 3.05) is 32.0 Å². The Kier molecular flexibility index (Phi) is 5.40. The normalized spacial score (nSPS) is 17.7. The number of hydrogen-bond acceptors (Lipinski definition) is 4. The summed E-state index contributed by atoms with van der Waals surface area (Å²) in [6.45, 7) is 4.26. The van der Waals surface area contributed by atoms with Gasteiger partial charge in [0.1, 0.15) is 18.2 Å². The van der Waals surface area contributed by atoms with Crippen LogP contribution in [0.1, 0.15) is 43.2 Å². The molecular formula is C22H29N3O. The molecule has 2 aromatic rings. The average Bonchev–Trinajstić information content (AvgIpc) is 2.69. The third-order valence-electron chi connectivity index (χ3n) is 5.65. The second-order valence-electron chi connectivity index (χ2n) is 7.47. The van der Waals surface area contributed by atoms with Crippen molar-refractivity contribution in [3.05, 3.63) is 41.5 Å². The van der Waals surface area contributed by atoms with Gasteiger partial charge in [-0.15, -0.1) is 0 Å². The number of rotatable bonds is 5. The Hall–Kier alpha value is -2.07. The van der Waals surface area contributed by atoms with Crippen LogP contribution in [-0.4, -0.2) is 36.1 Å². The molecule has 138 valence electrons. The third-order valence-corrected chi connectivity index (χ3v) is 5.65. The summed E-state index contributed by atoms with van der Waals surface area (Å²) in [5, 5.41) is 0. The summed E-state index contributed by atoms with van der Waals surface area (Å²) in [5.74, 6) is 1.65. The summed E-state index contributed by atoms with van der Waals surface area (Å²) >= 11 is 0. The van der Waals surface area contributed by atoms with E-state index in [4.69, 9.17) is 10.5 Å². The van der Waals surface area contributed by atoms with E-state index in [1.807, 2.05) is 12.1 Å².